The molecule has 0 spiro atoms. The molecule has 1 aliphatic heterocycles. The molecule has 1 aliphatic rings. The molecule has 0 saturated heterocycles. The second kappa shape index (κ2) is 6.13. The molecule has 2 aromatic rings. The molecular weight excluding hydrogens is 268 g/mol. The molecule has 1 aromatic carbocycles. The SMILES string of the molecule is CC1CN=C(Nc2cnn(Cc3ccccc3)c2)SC1. The Labute approximate surface area is 123 Å². The molecule has 0 fully saturated rings. The first-order chi connectivity index (χ1) is 9.79. The molecule has 20 heavy (non-hydrogen) atoms. The van der Waals surface area contributed by atoms with Crippen molar-refractivity contribution in [2.24, 2.45) is 10.9 Å². The summed E-state index contributed by atoms with van der Waals surface area (Å²) in [6, 6.07) is 10.3. The predicted octanol–water partition coefficient (Wildman–Crippen LogP) is 3.08. The highest BCUT2D eigenvalue weighted by Crippen LogP contribution is 2.19. The Morgan fingerprint density at radius 2 is 2.20 bits per heavy atom. The van der Waals surface area contributed by atoms with Crippen LogP contribution in [0.5, 0.6) is 0 Å². The van der Waals surface area contributed by atoms with Gasteiger partial charge in [-0.1, -0.05) is 49.0 Å². The number of nitrogens with one attached hydrogen (secondary N) is 1. The number of anilines is 1. The van der Waals surface area contributed by atoms with Gasteiger partial charge in [-0.15, -0.1) is 0 Å². The van der Waals surface area contributed by atoms with Gasteiger partial charge < -0.3 is 5.32 Å². The van der Waals surface area contributed by atoms with Crippen LogP contribution in [-0.2, 0) is 6.54 Å². The summed E-state index contributed by atoms with van der Waals surface area (Å²) in [7, 11) is 0. The average molecular weight is 286 g/mol. The maximum absolute atomic E-state index is 4.53. The molecule has 0 radical (unpaired) electrons. The topological polar surface area (TPSA) is 42.2 Å². The van der Waals surface area contributed by atoms with E-state index in [2.05, 4.69) is 34.5 Å². The summed E-state index contributed by atoms with van der Waals surface area (Å²) in [5.74, 6) is 1.80. The first-order valence-corrected chi connectivity index (χ1v) is 7.79. The molecule has 3 rings (SSSR count). The number of nitrogens with zero attached hydrogens (tertiary/aromatic N) is 3. The Morgan fingerprint density at radius 1 is 1.35 bits per heavy atom. The van der Waals surface area contributed by atoms with Crippen LogP contribution in [0.4, 0.5) is 5.69 Å². The zero-order chi connectivity index (χ0) is 13.8. The van der Waals surface area contributed by atoms with Crippen LogP contribution in [0.1, 0.15) is 12.5 Å². The fourth-order valence-corrected chi connectivity index (χ4v) is 2.95. The Hall–Kier alpha value is -1.75. The standard InChI is InChI=1S/C15H18N4S/c1-12-7-16-15(20-11-12)18-14-8-17-19(10-14)9-13-5-3-2-4-6-13/h2-6,8,10,12H,7,9,11H2,1H3,(H,16,18). The Bertz CT molecular complexity index is 591. The summed E-state index contributed by atoms with van der Waals surface area (Å²) in [6.07, 6.45) is 3.87. The smallest absolute Gasteiger partial charge is 0.161 e. The van der Waals surface area contributed by atoms with E-state index in [1.54, 1.807) is 11.8 Å². The maximum Gasteiger partial charge on any atom is 0.161 e. The van der Waals surface area contributed by atoms with Crippen LogP contribution in [0, 0.1) is 5.92 Å². The Kier molecular flexibility index (Phi) is 4.06. The third-order valence-electron chi connectivity index (χ3n) is 3.12. The van der Waals surface area contributed by atoms with Gasteiger partial charge in [0.1, 0.15) is 0 Å². The van der Waals surface area contributed by atoms with Crippen LogP contribution >= 0.6 is 11.8 Å². The highest BCUT2D eigenvalue weighted by atomic mass is 32.2. The van der Waals surface area contributed by atoms with Crippen LogP contribution in [0.15, 0.2) is 47.7 Å². The second-order valence-electron chi connectivity index (χ2n) is 5.10. The van der Waals surface area contributed by atoms with E-state index in [-0.39, 0.29) is 0 Å². The van der Waals surface area contributed by atoms with Crippen LogP contribution < -0.4 is 5.32 Å². The minimum atomic E-state index is 0.673. The lowest BCUT2D eigenvalue weighted by Gasteiger charge is -2.16. The van der Waals surface area contributed by atoms with Gasteiger partial charge in [0.2, 0.25) is 0 Å². The number of benzene rings is 1. The van der Waals surface area contributed by atoms with Crippen molar-refractivity contribution in [3.8, 4) is 0 Å². The third-order valence-corrected chi connectivity index (χ3v) is 4.36. The minimum Gasteiger partial charge on any atom is -0.332 e. The van der Waals surface area contributed by atoms with E-state index in [0.717, 1.165) is 29.7 Å². The third kappa shape index (κ3) is 3.42. The molecule has 0 amide bonds. The van der Waals surface area contributed by atoms with E-state index >= 15 is 0 Å². The molecule has 1 atom stereocenters. The summed E-state index contributed by atoms with van der Waals surface area (Å²) in [5, 5.41) is 8.72. The van der Waals surface area contributed by atoms with E-state index in [4.69, 9.17) is 0 Å². The molecule has 4 nitrogen and oxygen atoms in total. The van der Waals surface area contributed by atoms with Gasteiger partial charge in [-0.05, 0) is 11.5 Å². The summed E-state index contributed by atoms with van der Waals surface area (Å²) in [6.45, 7) is 3.93. The first-order valence-electron chi connectivity index (χ1n) is 6.80. The molecule has 0 bridgehead atoms. The van der Waals surface area contributed by atoms with Gasteiger partial charge in [0.25, 0.3) is 0 Å². The number of hydrogen-bond donors (Lipinski definition) is 1. The predicted molar refractivity (Wildman–Crippen MR) is 85.3 cm³/mol. The highest BCUT2D eigenvalue weighted by molar-refractivity contribution is 8.14. The number of rotatable bonds is 3. The lowest BCUT2D eigenvalue weighted by Crippen LogP contribution is -2.18. The average Bonchev–Trinajstić information content (AvgIpc) is 2.90. The van der Waals surface area contributed by atoms with Crippen molar-refractivity contribution in [2.75, 3.05) is 17.6 Å². The van der Waals surface area contributed by atoms with Crippen molar-refractivity contribution in [1.82, 2.24) is 9.78 Å². The van der Waals surface area contributed by atoms with Gasteiger partial charge in [-0.2, -0.15) is 5.10 Å². The maximum atomic E-state index is 4.53. The van der Waals surface area contributed by atoms with Crippen LogP contribution in [-0.4, -0.2) is 27.2 Å². The lowest BCUT2D eigenvalue weighted by atomic mass is 10.2. The van der Waals surface area contributed by atoms with Crippen molar-refractivity contribution < 1.29 is 0 Å². The van der Waals surface area contributed by atoms with E-state index in [1.807, 2.05) is 35.3 Å². The molecule has 5 heteroatoms. The molecule has 0 saturated carbocycles. The summed E-state index contributed by atoms with van der Waals surface area (Å²) in [4.78, 5) is 4.53. The first kappa shape index (κ1) is 13.2. The Balaban J connectivity index is 1.62. The zero-order valence-electron chi connectivity index (χ0n) is 11.5. The van der Waals surface area contributed by atoms with E-state index in [0.29, 0.717) is 5.92 Å². The van der Waals surface area contributed by atoms with Crippen molar-refractivity contribution in [2.45, 2.75) is 13.5 Å². The summed E-state index contributed by atoms with van der Waals surface area (Å²) < 4.78 is 1.94. The normalized spacial score (nSPS) is 18.6. The highest BCUT2D eigenvalue weighted by Gasteiger charge is 2.12. The molecular formula is C15H18N4S. The summed E-state index contributed by atoms with van der Waals surface area (Å²) >= 11 is 1.78. The van der Waals surface area contributed by atoms with Crippen molar-refractivity contribution >= 4 is 22.6 Å². The monoisotopic (exact) mass is 286 g/mol. The largest absolute Gasteiger partial charge is 0.332 e. The molecule has 2 heterocycles. The van der Waals surface area contributed by atoms with Crippen LogP contribution in [0.3, 0.4) is 0 Å². The van der Waals surface area contributed by atoms with E-state index in [9.17, 15) is 0 Å². The lowest BCUT2D eigenvalue weighted by molar-refractivity contribution is 0.674. The molecule has 104 valence electrons. The van der Waals surface area contributed by atoms with Crippen molar-refractivity contribution in [3.63, 3.8) is 0 Å². The summed E-state index contributed by atoms with van der Waals surface area (Å²) in [5.41, 5.74) is 2.25. The van der Waals surface area contributed by atoms with E-state index in [1.165, 1.54) is 5.56 Å². The molecule has 0 aliphatic carbocycles. The second-order valence-corrected chi connectivity index (χ2v) is 6.11. The quantitative estimate of drug-likeness (QED) is 0.943. The van der Waals surface area contributed by atoms with Gasteiger partial charge in [0.05, 0.1) is 18.4 Å². The molecule has 1 unspecified atom stereocenters. The van der Waals surface area contributed by atoms with Gasteiger partial charge in [-0.3, -0.25) is 9.67 Å². The van der Waals surface area contributed by atoms with Gasteiger partial charge in [-0.25, -0.2) is 0 Å². The zero-order valence-corrected chi connectivity index (χ0v) is 12.3. The molecule has 1 N–H and O–H groups in total. The van der Waals surface area contributed by atoms with Crippen LogP contribution in [0.2, 0.25) is 0 Å². The van der Waals surface area contributed by atoms with Crippen LogP contribution in [0.25, 0.3) is 0 Å². The number of aromatic nitrogens is 2. The van der Waals surface area contributed by atoms with Gasteiger partial charge in [0, 0.05) is 18.5 Å². The fraction of sp³-hybridized carbons (Fsp3) is 0.333. The van der Waals surface area contributed by atoms with Gasteiger partial charge in [0.15, 0.2) is 5.17 Å². The van der Waals surface area contributed by atoms with E-state index < -0.39 is 0 Å². The van der Waals surface area contributed by atoms with Gasteiger partial charge >= 0.3 is 0 Å². The fourth-order valence-electron chi connectivity index (χ4n) is 2.04. The number of amidine groups is 1. The number of hydrogen-bond acceptors (Lipinski definition) is 4. The molecule has 1 aromatic heterocycles. The van der Waals surface area contributed by atoms with Crippen molar-refractivity contribution in [3.05, 3.63) is 48.3 Å². The Morgan fingerprint density at radius 3 is 2.95 bits per heavy atom. The minimum absolute atomic E-state index is 0.673. The number of aliphatic imine (C=N–C) groups is 1. The number of thioether (sulfide) groups is 1. The van der Waals surface area contributed by atoms with Crippen molar-refractivity contribution in [1.29, 1.82) is 0 Å².